The van der Waals surface area contributed by atoms with Crippen molar-refractivity contribution in [1.29, 1.82) is 0 Å². The summed E-state index contributed by atoms with van der Waals surface area (Å²) in [7, 11) is 0. The quantitative estimate of drug-likeness (QED) is 0.469. The fourth-order valence-corrected chi connectivity index (χ4v) is 4.80. The van der Waals surface area contributed by atoms with E-state index >= 15 is 0 Å². The molecule has 33 heavy (non-hydrogen) atoms. The number of nitrogens with one attached hydrogen (secondary N) is 1. The number of carbonyl (C=O) groups is 2. The predicted octanol–water partition coefficient (Wildman–Crippen LogP) is 5.33. The van der Waals surface area contributed by atoms with E-state index in [4.69, 9.17) is 27.9 Å². The van der Waals surface area contributed by atoms with Crippen molar-refractivity contribution in [2.24, 2.45) is 0 Å². The van der Waals surface area contributed by atoms with Crippen molar-refractivity contribution in [2.45, 2.75) is 38.7 Å². The van der Waals surface area contributed by atoms with Gasteiger partial charge in [-0.3, -0.25) is 14.9 Å². The van der Waals surface area contributed by atoms with Gasteiger partial charge in [0.25, 0.3) is 5.91 Å². The first kappa shape index (κ1) is 23.5. The maximum atomic E-state index is 12.6. The number of ether oxygens (including phenoxy) is 1. The highest BCUT2D eigenvalue weighted by molar-refractivity contribution is 7.15. The van der Waals surface area contributed by atoms with Gasteiger partial charge in [0.1, 0.15) is 10.8 Å². The van der Waals surface area contributed by atoms with E-state index in [2.05, 4.69) is 22.4 Å². The molecule has 7 nitrogen and oxygen atoms in total. The van der Waals surface area contributed by atoms with Gasteiger partial charge < -0.3 is 9.64 Å². The monoisotopic (exact) mass is 504 g/mol. The van der Waals surface area contributed by atoms with Crippen molar-refractivity contribution in [2.75, 3.05) is 16.8 Å². The Morgan fingerprint density at radius 1 is 1.24 bits per heavy atom. The van der Waals surface area contributed by atoms with Crippen molar-refractivity contribution in [3.8, 4) is 5.75 Å². The lowest BCUT2D eigenvalue weighted by Crippen LogP contribution is -2.30. The Bertz CT molecular complexity index is 1170. The second kappa shape index (κ2) is 10.1. The molecule has 0 bridgehead atoms. The van der Waals surface area contributed by atoms with Crippen LogP contribution in [-0.4, -0.2) is 34.7 Å². The van der Waals surface area contributed by atoms with E-state index in [1.807, 2.05) is 24.3 Å². The number of halogens is 2. The van der Waals surface area contributed by atoms with Crippen molar-refractivity contribution in [3.05, 3.63) is 63.1 Å². The number of rotatable bonds is 7. The molecular weight excluding hydrogens is 483 g/mol. The SMILES string of the molecule is CCc1ccc(N2CC(c3nnc(NC(=O)C(C)Oc4ccc(Cl)cc4Cl)s3)CC2=O)cc1. The molecular formula is C23H22Cl2N4O3S. The molecule has 2 aromatic carbocycles. The van der Waals surface area contributed by atoms with Crippen LogP contribution in [0.1, 0.15) is 36.8 Å². The molecule has 1 aromatic heterocycles. The first-order valence-corrected chi connectivity index (χ1v) is 12.1. The van der Waals surface area contributed by atoms with E-state index in [9.17, 15) is 9.59 Å². The smallest absolute Gasteiger partial charge is 0.266 e. The first-order valence-electron chi connectivity index (χ1n) is 10.5. The molecule has 2 atom stereocenters. The molecule has 172 valence electrons. The molecule has 2 amide bonds. The highest BCUT2D eigenvalue weighted by Crippen LogP contribution is 2.34. The number of hydrogen-bond acceptors (Lipinski definition) is 6. The normalized spacial score (nSPS) is 16.7. The maximum Gasteiger partial charge on any atom is 0.266 e. The average molecular weight is 505 g/mol. The summed E-state index contributed by atoms with van der Waals surface area (Å²) < 4.78 is 5.64. The van der Waals surface area contributed by atoms with Gasteiger partial charge in [-0.05, 0) is 49.2 Å². The summed E-state index contributed by atoms with van der Waals surface area (Å²) >= 11 is 13.3. The Labute approximate surface area is 205 Å². The molecule has 0 saturated carbocycles. The molecule has 0 spiro atoms. The van der Waals surface area contributed by atoms with Gasteiger partial charge in [-0.2, -0.15) is 0 Å². The molecule has 1 aliphatic rings. The van der Waals surface area contributed by atoms with Gasteiger partial charge in [-0.25, -0.2) is 0 Å². The molecule has 1 N–H and O–H groups in total. The summed E-state index contributed by atoms with van der Waals surface area (Å²) in [6.07, 6.45) is 0.491. The Hall–Kier alpha value is -2.68. The number of anilines is 2. The van der Waals surface area contributed by atoms with Gasteiger partial charge in [0.05, 0.1) is 5.02 Å². The zero-order valence-corrected chi connectivity index (χ0v) is 20.4. The number of amides is 2. The Morgan fingerprint density at radius 2 is 2.00 bits per heavy atom. The van der Waals surface area contributed by atoms with Crippen LogP contribution in [0.2, 0.25) is 10.0 Å². The van der Waals surface area contributed by atoms with E-state index in [0.717, 1.165) is 12.1 Å². The standard InChI is InChI=1S/C23H22Cl2N4O3S/c1-3-14-4-7-17(8-5-14)29-12-15(10-20(29)30)22-27-28-23(33-22)26-21(31)13(2)32-19-9-6-16(24)11-18(19)25/h4-9,11,13,15H,3,10,12H2,1-2H3,(H,26,28,31). The molecule has 1 aliphatic heterocycles. The van der Waals surface area contributed by atoms with Crippen LogP contribution < -0.4 is 15.0 Å². The largest absolute Gasteiger partial charge is 0.479 e. The third kappa shape index (κ3) is 5.46. The van der Waals surface area contributed by atoms with Crippen LogP contribution in [0.5, 0.6) is 5.75 Å². The third-order valence-electron chi connectivity index (χ3n) is 5.37. The molecule has 2 unspecified atom stereocenters. The summed E-state index contributed by atoms with van der Waals surface area (Å²) in [6, 6.07) is 12.8. The van der Waals surface area contributed by atoms with Crippen molar-refractivity contribution in [3.63, 3.8) is 0 Å². The first-order chi connectivity index (χ1) is 15.8. The minimum absolute atomic E-state index is 0.0481. The lowest BCUT2D eigenvalue weighted by Gasteiger charge is -2.16. The highest BCUT2D eigenvalue weighted by atomic mass is 35.5. The Balaban J connectivity index is 1.37. The van der Waals surface area contributed by atoms with Gasteiger partial charge in [-0.15, -0.1) is 10.2 Å². The lowest BCUT2D eigenvalue weighted by molar-refractivity contribution is -0.122. The van der Waals surface area contributed by atoms with E-state index < -0.39 is 6.10 Å². The van der Waals surface area contributed by atoms with Crippen LogP contribution in [-0.2, 0) is 16.0 Å². The fraction of sp³-hybridized carbons (Fsp3) is 0.304. The summed E-state index contributed by atoms with van der Waals surface area (Å²) in [5, 5.41) is 12.9. The minimum Gasteiger partial charge on any atom is -0.479 e. The zero-order chi connectivity index (χ0) is 23.5. The molecule has 0 aliphatic carbocycles. The second-order valence-corrected chi connectivity index (χ2v) is 9.55. The van der Waals surface area contributed by atoms with Crippen molar-refractivity contribution >= 4 is 57.2 Å². The fourth-order valence-electron chi connectivity index (χ4n) is 3.51. The number of aromatic nitrogens is 2. The van der Waals surface area contributed by atoms with Crippen LogP contribution in [0.15, 0.2) is 42.5 Å². The van der Waals surface area contributed by atoms with Gasteiger partial charge in [0, 0.05) is 29.6 Å². The molecule has 1 saturated heterocycles. The number of aryl methyl sites for hydroxylation is 1. The topological polar surface area (TPSA) is 84.4 Å². The number of nitrogens with zero attached hydrogens (tertiary/aromatic N) is 3. The maximum absolute atomic E-state index is 12.6. The van der Waals surface area contributed by atoms with Gasteiger partial charge in [-0.1, -0.05) is 53.6 Å². The van der Waals surface area contributed by atoms with Crippen LogP contribution in [0.25, 0.3) is 0 Å². The van der Waals surface area contributed by atoms with E-state index in [-0.39, 0.29) is 17.7 Å². The molecule has 2 heterocycles. The number of carbonyl (C=O) groups excluding carboxylic acids is 2. The zero-order valence-electron chi connectivity index (χ0n) is 18.0. The van der Waals surface area contributed by atoms with E-state index in [0.29, 0.717) is 38.9 Å². The van der Waals surface area contributed by atoms with Crippen LogP contribution in [0.3, 0.4) is 0 Å². The van der Waals surface area contributed by atoms with Gasteiger partial charge >= 0.3 is 0 Å². The summed E-state index contributed by atoms with van der Waals surface area (Å²) in [4.78, 5) is 26.9. The van der Waals surface area contributed by atoms with Crippen LogP contribution in [0.4, 0.5) is 10.8 Å². The number of benzene rings is 2. The summed E-state index contributed by atoms with van der Waals surface area (Å²) in [5.74, 6) is -0.0537. The van der Waals surface area contributed by atoms with Crippen molar-refractivity contribution in [1.82, 2.24) is 10.2 Å². The van der Waals surface area contributed by atoms with E-state index in [1.54, 1.807) is 30.0 Å². The van der Waals surface area contributed by atoms with Crippen LogP contribution >= 0.6 is 34.5 Å². The Morgan fingerprint density at radius 3 is 2.70 bits per heavy atom. The predicted molar refractivity (Wildman–Crippen MR) is 131 cm³/mol. The van der Waals surface area contributed by atoms with E-state index in [1.165, 1.54) is 16.9 Å². The van der Waals surface area contributed by atoms with Gasteiger partial charge in [0.2, 0.25) is 11.0 Å². The Kier molecular flexibility index (Phi) is 7.17. The highest BCUT2D eigenvalue weighted by Gasteiger charge is 2.34. The molecule has 1 fully saturated rings. The van der Waals surface area contributed by atoms with Crippen molar-refractivity contribution < 1.29 is 14.3 Å². The second-order valence-electron chi connectivity index (χ2n) is 7.69. The number of hydrogen-bond donors (Lipinski definition) is 1. The average Bonchev–Trinajstić information content (AvgIpc) is 3.42. The molecule has 0 radical (unpaired) electrons. The minimum atomic E-state index is -0.814. The van der Waals surface area contributed by atoms with Gasteiger partial charge in [0.15, 0.2) is 6.10 Å². The molecule has 3 aromatic rings. The van der Waals surface area contributed by atoms with Crippen LogP contribution in [0, 0.1) is 0 Å². The summed E-state index contributed by atoms with van der Waals surface area (Å²) in [6.45, 7) is 4.23. The molecule has 10 heteroatoms. The summed E-state index contributed by atoms with van der Waals surface area (Å²) in [5.41, 5.74) is 2.10. The lowest BCUT2D eigenvalue weighted by atomic mass is 10.1. The third-order valence-corrected chi connectivity index (χ3v) is 6.90. The molecule has 4 rings (SSSR count).